The maximum Gasteiger partial charge on any atom is 0.326 e. The first-order valence-electron chi connectivity index (χ1n) is 13.5. The number of benzene rings is 2. The number of nitrogens with zero attached hydrogens (tertiary/aromatic N) is 1. The molecule has 1 heterocycles. The van der Waals surface area contributed by atoms with Crippen LogP contribution < -0.4 is 20.7 Å². The summed E-state index contributed by atoms with van der Waals surface area (Å²) in [7, 11) is 1.52. The summed E-state index contributed by atoms with van der Waals surface area (Å²) in [6.07, 6.45) is 0.725. The molecule has 41 heavy (non-hydrogen) atoms. The number of aryl methyl sites for hydroxylation is 1. The van der Waals surface area contributed by atoms with Gasteiger partial charge >= 0.3 is 5.97 Å². The van der Waals surface area contributed by atoms with E-state index in [1.165, 1.54) is 14.0 Å². The number of quaternary nitrogens is 1. The van der Waals surface area contributed by atoms with Gasteiger partial charge in [0.15, 0.2) is 6.54 Å². The van der Waals surface area contributed by atoms with Gasteiger partial charge in [0.25, 0.3) is 5.91 Å². The molecule has 1 aliphatic heterocycles. The Morgan fingerprint density at radius 2 is 1.59 bits per heavy atom. The van der Waals surface area contributed by atoms with E-state index in [4.69, 9.17) is 9.47 Å². The molecule has 12 heteroatoms. The molecule has 12 nitrogen and oxygen atoms in total. The number of carboxylic acids is 1. The first kappa shape index (κ1) is 31.5. The third-order valence-corrected chi connectivity index (χ3v) is 6.90. The van der Waals surface area contributed by atoms with Gasteiger partial charge in [0, 0.05) is 6.42 Å². The van der Waals surface area contributed by atoms with Gasteiger partial charge in [0.1, 0.15) is 37.0 Å². The average Bonchev–Trinajstić information content (AvgIpc) is 2.95. The van der Waals surface area contributed by atoms with Gasteiger partial charge in [-0.1, -0.05) is 42.5 Å². The van der Waals surface area contributed by atoms with Crippen LogP contribution in [0.4, 0.5) is 0 Å². The number of methoxy groups -OCH3 is 1. The molecule has 1 aliphatic rings. The summed E-state index contributed by atoms with van der Waals surface area (Å²) in [6.45, 7) is 1.90. The fourth-order valence-corrected chi connectivity index (χ4v) is 4.43. The van der Waals surface area contributed by atoms with E-state index in [9.17, 15) is 29.5 Å². The largest absolute Gasteiger partial charge is 0.632 e. The number of hydrogen-bond donors (Lipinski definition) is 4. The van der Waals surface area contributed by atoms with Crippen molar-refractivity contribution in [2.75, 3.05) is 40.0 Å². The molecule has 0 radical (unpaired) electrons. The topological polar surface area (TPSA) is 166 Å². The minimum absolute atomic E-state index is 0.0295. The molecule has 2 aromatic rings. The van der Waals surface area contributed by atoms with Crippen LogP contribution >= 0.6 is 0 Å². The van der Waals surface area contributed by atoms with Crippen molar-refractivity contribution >= 4 is 23.7 Å². The number of amides is 3. The summed E-state index contributed by atoms with van der Waals surface area (Å²) in [5.41, 5.74) is 1.63. The van der Waals surface area contributed by atoms with Crippen LogP contribution in [0.2, 0.25) is 0 Å². The Hall–Kier alpha value is -4.00. The molecule has 0 aromatic heterocycles. The minimum Gasteiger partial charge on any atom is -0.632 e. The highest BCUT2D eigenvalue weighted by molar-refractivity contribution is 5.93. The maximum absolute atomic E-state index is 13.2. The lowest BCUT2D eigenvalue weighted by atomic mass is 10.0. The van der Waals surface area contributed by atoms with Crippen LogP contribution in [0.5, 0.6) is 5.75 Å². The maximum atomic E-state index is 13.2. The molecular formula is C29H38N4O8. The fraction of sp³-hybridized carbons (Fsp3) is 0.448. The highest BCUT2D eigenvalue weighted by atomic mass is 16.6. The summed E-state index contributed by atoms with van der Waals surface area (Å²) in [5.74, 6) is -2.48. The highest BCUT2D eigenvalue weighted by Crippen LogP contribution is 2.13. The molecular weight excluding hydrogens is 532 g/mol. The van der Waals surface area contributed by atoms with E-state index in [0.29, 0.717) is 17.7 Å². The molecule has 2 aromatic carbocycles. The van der Waals surface area contributed by atoms with Crippen molar-refractivity contribution in [2.24, 2.45) is 0 Å². The Labute approximate surface area is 239 Å². The van der Waals surface area contributed by atoms with Crippen molar-refractivity contribution < 1.29 is 38.4 Å². The Kier molecular flexibility index (Phi) is 11.6. The van der Waals surface area contributed by atoms with Crippen LogP contribution in [0.25, 0.3) is 0 Å². The second-order valence-electron chi connectivity index (χ2n) is 10.1. The summed E-state index contributed by atoms with van der Waals surface area (Å²) >= 11 is 0. The van der Waals surface area contributed by atoms with Crippen LogP contribution in [0.15, 0.2) is 54.6 Å². The van der Waals surface area contributed by atoms with Crippen LogP contribution in [-0.2, 0) is 36.8 Å². The van der Waals surface area contributed by atoms with Gasteiger partial charge in [-0.05, 0) is 43.0 Å². The molecule has 4 N–H and O–H groups in total. The van der Waals surface area contributed by atoms with Crippen molar-refractivity contribution in [1.29, 1.82) is 0 Å². The number of hydrogen-bond acceptors (Lipinski definition) is 7. The predicted octanol–water partition coefficient (Wildman–Crippen LogP) is 0.774. The summed E-state index contributed by atoms with van der Waals surface area (Å²) < 4.78 is 9.59. The lowest BCUT2D eigenvalue weighted by Gasteiger charge is -2.44. The number of morpholine rings is 1. The fourth-order valence-electron chi connectivity index (χ4n) is 4.43. The Morgan fingerprint density at radius 3 is 2.20 bits per heavy atom. The molecule has 1 saturated heterocycles. The second-order valence-corrected chi connectivity index (χ2v) is 10.1. The molecule has 3 atom stereocenters. The van der Waals surface area contributed by atoms with E-state index in [1.807, 2.05) is 30.3 Å². The van der Waals surface area contributed by atoms with E-state index >= 15 is 0 Å². The molecule has 0 bridgehead atoms. The molecule has 3 rings (SSSR count). The van der Waals surface area contributed by atoms with E-state index in [1.54, 1.807) is 24.3 Å². The third-order valence-electron chi connectivity index (χ3n) is 6.90. The molecule has 0 unspecified atom stereocenters. The number of aliphatic carboxylic acids is 1. The van der Waals surface area contributed by atoms with Crippen molar-refractivity contribution in [2.45, 2.75) is 44.3 Å². The van der Waals surface area contributed by atoms with E-state index in [0.717, 1.165) is 5.56 Å². The third kappa shape index (κ3) is 10.2. The van der Waals surface area contributed by atoms with E-state index < -0.39 is 46.5 Å². The molecule has 1 fully saturated rings. The summed E-state index contributed by atoms with van der Waals surface area (Å²) in [6, 6.07) is 12.9. The predicted molar refractivity (Wildman–Crippen MR) is 150 cm³/mol. The number of carbonyl (C=O) groups excluding carboxylic acids is 3. The zero-order valence-corrected chi connectivity index (χ0v) is 23.3. The van der Waals surface area contributed by atoms with Crippen molar-refractivity contribution in [3.8, 4) is 5.75 Å². The first-order valence-corrected chi connectivity index (χ1v) is 13.5. The number of carboxylic acid groups (broad SMARTS) is 1. The van der Waals surface area contributed by atoms with Crippen molar-refractivity contribution in [3.63, 3.8) is 0 Å². The zero-order valence-electron chi connectivity index (χ0n) is 23.3. The average molecular weight is 571 g/mol. The van der Waals surface area contributed by atoms with Gasteiger partial charge in [0.05, 0.1) is 20.3 Å². The monoisotopic (exact) mass is 570 g/mol. The lowest BCUT2D eigenvalue weighted by molar-refractivity contribution is -0.880. The van der Waals surface area contributed by atoms with Gasteiger partial charge in [-0.25, -0.2) is 4.79 Å². The first-order chi connectivity index (χ1) is 19.6. The smallest absolute Gasteiger partial charge is 0.326 e. The Morgan fingerprint density at radius 1 is 0.927 bits per heavy atom. The lowest BCUT2D eigenvalue weighted by Crippen LogP contribution is -2.58. The van der Waals surface area contributed by atoms with Gasteiger partial charge in [-0.3, -0.25) is 14.4 Å². The zero-order chi connectivity index (χ0) is 29.8. The second kappa shape index (κ2) is 15.1. The number of ether oxygens (including phenoxy) is 2. The number of carbonyl (C=O) groups is 4. The normalized spacial score (nSPS) is 16.5. The van der Waals surface area contributed by atoms with Crippen LogP contribution in [0, 0.1) is 5.21 Å². The van der Waals surface area contributed by atoms with E-state index in [2.05, 4.69) is 16.0 Å². The molecule has 0 aliphatic carbocycles. The minimum atomic E-state index is -1.23. The number of hydroxylamine groups is 3. The standard InChI is InChI=1S/C29H38N4O8/c1-20(27(35)32-25(29(37)38)18-22-8-11-23(40-2)12-9-22)30-28(36)24(13-10-21-6-4-3-5-7-21)31-26(34)19-33(39)14-16-41-17-15-33/h3-9,11-12,20,24-25H,10,13-19H2,1-2H3,(H,30,36)(H,31,34)(H,32,35)(H,37,38)/t20-,24-,25-/m0/s1. The highest BCUT2D eigenvalue weighted by Gasteiger charge is 2.30. The van der Waals surface area contributed by atoms with Crippen LogP contribution in [-0.4, -0.2) is 91.5 Å². The van der Waals surface area contributed by atoms with Crippen molar-refractivity contribution in [1.82, 2.24) is 16.0 Å². The number of rotatable bonds is 14. The quantitative estimate of drug-likeness (QED) is 0.191. The van der Waals surface area contributed by atoms with E-state index in [-0.39, 0.29) is 45.7 Å². The van der Waals surface area contributed by atoms with Gasteiger partial charge in [-0.2, -0.15) is 0 Å². The van der Waals surface area contributed by atoms with Gasteiger partial charge < -0.3 is 40.4 Å². The number of nitrogens with one attached hydrogen (secondary N) is 3. The van der Waals surface area contributed by atoms with Gasteiger partial charge in [-0.15, -0.1) is 0 Å². The SMILES string of the molecule is COc1ccc(C[C@H](NC(=O)[C@H](C)NC(=O)[C@H](CCc2ccccc2)NC(=O)C[N+]2([O-])CCOCC2)C(=O)O)cc1. The summed E-state index contributed by atoms with van der Waals surface area (Å²) in [5, 5.41) is 30.2. The van der Waals surface area contributed by atoms with Crippen molar-refractivity contribution in [3.05, 3.63) is 70.9 Å². The van der Waals surface area contributed by atoms with Gasteiger partial charge in [0.2, 0.25) is 11.8 Å². The molecule has 0 saturated carbocycles. The summed E-state index contributed by atoms with van der Waals surface area (Å²) in [4.78, 5) is 50.7. The molecule has 0 spiro atoms. The molecule has 3 amide bonds. The Bertz CT molecular complexity index is 1170. The van der Waals surface area contributed by atoms with Crippen LogP contribution in [0.1, 0.15) is 24.5 Å². The Balaban J connectivity index is 1.62. The molecule has 222 valence electrons. The van der Waals surface area contributed by atoms with Crippen LogP contribution in [0.3, 0.4) is 0 Å².